The molecule has 0 saturated carbocycles. The van der Waals surface area contributed by atoms with Crippen molar-refractivity contribution in [2.45, 2.75) is 0 Å². The Bertz CT molecular complexity index is 277. The van der Waals surface area contributed by atoms with E-state index in [1.807, 2.05) is 0 Å². The zero-order chi connectivity index (χ0) is 8.43. The van der Waals surface area contributed by atoms with Crippen LogP contribution in [0.3, 0.4) is 0 Å². The normalized spacial score (nSPS) is 9.82. The summed E-state index contributed by atoms with van der Waals surface area (Å²) in [5.41, 5.74) is 0.590. The predicted octanol–water partition coefficient (Wildman–Crippen LogP) is 3.28. The summed E-state index contributed by atoms with van der Waals surface area (Å²) < 4.78 is 13.2. The molecule has 4 heteroatoms. The van der Waals surface area contributed by atoms with Crippen LogP contribution in [0.25, 0.3) is 0 Å². The quantitative estimate of drug-likeness (QED) is 0.741. The maximum atomic E-state index is 12.8. The molecule has 1 aromatic carbocycles. The third kappa shape index (κ3) is 1.84. The van der Waals surface area contributed by atoms with E-state index in [-0.39, 0.29) is 5.82 Å². The van der Waals surface area contributed by atoms with Crippen LogP contribution in [-0.2, 0) is 0 Å². The first-order valence-corrected chi connectivity index (χ1v) is 4.14. The molecular weight excluding hydrogens is 232 g/mol. The molecule has 0 bridgehead atoms. The molecule has 0 radical (unpaired) electrons. The lowest BCUT2D eigenvalue weighted by molar-refractivity contribution is 0.621. The highest BCUT2D eigenvalue weighted by molar-refractivity contribution is 9.10. The van der Waals surface area contributed by atoms with Crippen molar-refractivity contribution >= 4 is 33.2 Å². The lowest BCUT2D eigenvalue weighted by Gasteiger charge is -2.03. The number of nitrogens with one attached hydrogen (secondary N) is 1. The largest absolute Gasteiger partial charge is 0.387 e. The lowest BCUT2D eigenvalue weighted by atomic mass is 10.3. The molecule has 1 aromatic rings. The van der Waals surface area contributed by atoms with Crippen LogP contribution in [0.1, 0.15) is 0 Å². The molecule has 0 aliphatic rings. The average Bonchev–Trinajstić information content (AvgIpc) is 1.97. The minimum atomic E-state index is -0.321. The molecule has 0 atom stereocenters. The van der Waals surface area contributed by atoms with Crippen molar-refractivity contribution < 1.29 is 4.39 Å². The number of halogens is 3. The summed E-state index contributed by atoms with van der Waals surface area (Å²) in [6, 6.07) is 2.86. The Labute approximate surface area is 77.7 Å². The Hall–Kier alpha value is -0.280. The summed E-state index contributed by atoms with van der Waals surface area (Å²) in [6.45, 7) is 0. The zero-order valence-electron chi connectivity index (χ0n) is 5.79. The Morgan fingerprint density at radius 3 is 2.73 bits per heavy atom. The second-order valence-electron chi connectivity index (χ2n) is 2.00. The molecule has 11 heavy (non-hydrogen) atoms. The molecule has 0 aromatic heterocycles. The van der Waals surface area contributed by atoms with Crippen LogP contribution in [0.2, 0.25) is 5.02 Å². The fraction of sp³-hybridized carbons (Fsp3) is 0.143. The standard InChI is InChI=1S/C7H6BrClFN/c1-11-7-3-6(10)4(8)2-5(7)9/h2-3,11H,1H3. The molecular formula is C7H6BrClFN. The SMILES string of the molecule is CNc1cc(F)c(Br)cc1Cl. The highest BCUT2D eigenvalue weighted by Crippen LogP contribution is 2.27. The summed E-state index contributed by atoms with van der Waals surface area (Å²) in [7, 11) is 1.69. The summed E-state index contributed by atoms with van der Waals surface area (Å²) in [5.74, 6) is -0.321. The third-order valence-electron chi connectivity index (χ3n) is 1.28. The van der Waals surface area contributed by atoms with Gasteiger partial charge in [0, 0.05) is 7.05 Å². The van der Waals surface area contributed by atoms with Crippen molar-refractivity contribution in [2.24, 2.45) is 0 Å². The molecule has 1 N–H and O–H groups in total. The molecule has 0 spiro atoms. The second kappa shape index (κ2) is 3.41. The van der Waals surface area contributed by atoms with E-state index < -0.39 is 0 Å². The summed E-state index contributed by atoms with van der Waals surface area (Å²) in [5, 5.41) is 3.27. The van der Waals surface area contributed by atoms with Crippen LogP contribution < -0.4 is 5.32 Å². The first-order chi connectivity index (χ1) is 5.15. The fourth-order valence-electron chi connectivity index (χ4n) is 0.714. The van der Waals surface area contributed by atoms with Gasteiger partial charge in [0.05, 0.1) is 15.2 Å². The predicted molar refractivity (Wildman–Crippen MR) is 48.7 cm³/mol. The van der Waals surface area contributed by atoms with Crippen LogP contribution in [0.5, 0.6) is 0 Å². The Morgan fingerprint density at radius 1 is 1.55 bits per heavy atom. The van der Waals surface area contributed by atoms with Crippen molar-refractivity contribution in [3.05, 3.63) is 27.4 Å². The molecule has 0 heterocycles. The summed E-state index contributed by atoms with van der Waals surface area (Å²) in [4.78, 5) is 0. The minimum absolute atomic E-state index is 0.321. The molecule has 0 fully saturated rings. The monoisotopic (exact) mass is 237 g/mol. The molecule has 0 unspecified atom stereocenters. The van der Waals surface area contributed by atoms with Gasteiger partial charge in [0.2, 0.25) is 0 Å². The molecule has 1 nitrogen and oxygen atoms in total. The van der Waals surface area contributed by atoms with Crippen molar-refractivity contribution in [2.75, 3.05) is 12.4 Å². The maximum absolute atomic E-state index is 12.8. The van der Waals surface area contributed by atoms with E-state index in [0.29, 0.717) is 15.2 Å². The number of hydrogen-bond donors (Lipinski definition) is 1. The molecule has 0 aliphatic carbocycles. The molecule has 0 aliphatic heterocycles. The summed E-state index contributed by atoms with van der Waals surface area (Å²) >= 11 is 8.76. The Kier molecular flexibility index (Phi) is 2.73. The van der Waals surface area contributed by atoms with Gasteiger partial charge in [-0.05, 0) is 28.1 Å². The van der Waals surface area contributed by atoms with Gasteiger partial charge in [-0.15, -0.1) is 0 Å². The van der Waals surface area contributed by atoms with E-state index in [9.17, 15) is 4.39 Å². The van der Waals surface area contributed by atoms with Crippen LogP contribution in [-0.4, -0.2) is 7.05 Å². The van der Waals surface area contributed by atoms with E-state index in [1.54, 1.807) is 7.05 Å². The van der Waals surface area contributed by atoms with Gasteiger partial charge in [-0.2, -0.15) is 0 Å². The van der Waals surface area contributed by atoms with Gasteiger partial charge in [-0.25, -0.2) is 4.39 Å². The van der Waals surface area contributed by atoms with Gasteiger partial charge >= 0.3 is 0 Å². The smallest absolute Gasteiger partial charge is 0.139 e. The van der Waals surface area contributed by atoms with E-state index in [4.69, 9.17) is 11.6 Å². The van der Waals surface area contributed by atoms with Crippen molar-refractivity contribution in [1.29, 1.82) is 0 Å². The van der Waals surface area contributed by atoms with E-state index in [0.717, 1.165) is 0 Å². The third-order valence-corrected chi connectivity index (χ3v) is 2.20. The first-order valence-electron chi connectivity index (χ1n) is 2.97. The average molecular weight is 238 g/mol. The highest BCUT2D eigenvalue weighted by Gasteiger charge is 2.04. The molecule has 1 rings (SSSR count). The maximum Gasteiger partial charge on any atom is 0.139 e. The minimum Gasteiger partial charge on any atom is -0.387 e. The lowest BCUT2D eigenvalue weighted by Crippen LogP contribution is -1.90. The van der Waals surface area contributed by atoms with Gasteiger partial charge in [0.1, 0.15) is 5.82 Å². The second-order valence-corrected chi connectivity index (χ2v) is 3.26. The van der Waals surface area contributed by atoms with Crippen LogP contribution in [0.15, 0.2) is 16.6 Å². The van der Waals surface area contributed by atoms with Gasteiger partial charge in [0.25, 0.3) is 0 Å². The van der Waals surface area contributed by atoms with E-state index >= 15 is 0 Å². The first kappa shape index (κ1) is 8.81. The van der Waals surface area contributed by atoms with E-state index in [2.05, 4.69) is 21.2 Å². The number of benzene rings is 1. The molecule has 0 saturated heterocycles. The number of anilines is 1. The topological polar surface area (TPSA) is 12.0 Å². The Morgan fingerprint density at radius 2 is 2.18 bits per heavy atom. The van der Waals surface area contributed by atoms with Gasteiger partial charge in [-0.3, -0.25) is 0 Å². The van der Waals surface area contributed by atoms with Crippen LogP contribution in [0.4, 0.5) is 10.1 Å². The molecule has 60 valence electrons. The molecule has 0 amide bonds. The van der Waals surface area contributed by atoms with Crippen molar-refractivity contribution in [3.63, 3.8) is 0 Å². The zero-order valence-corrected chi connectivity index (χ0v) is 8.13. The van der Waals surface area contributed by atoms with Gasteiger partial charge in [-0.1, -0.05) is 11.6 Å². The van der Waals surface area contributed by atoms with Crippen molar-refractivity contribution in [3.8, 4) is 0 Å². The highest BCUT2D eigenvalue weighted by atomic mass is 79.9. The summed E-state index contributed by atoms with van der Waals surface area (Å²) in [6.07, 6.45) is 0. The Balaban J connectivity index is 3.21. The number of rotatable bonds is 1. The van der Waals surface area contributed by atoms with E-state index in [1.165, 1.54) is 12.1 Å². The number of hydrogen-bond acceptors (Lipinski definition) is 1. The van der Waals surface area contributed by atoms with Gasteiger partial charge in [0.15, 0.2) is 0 Å². The van der Waals surface area contributed by atoms with Gasteiger partial charge < -0.3 is 5.32 Å². The fourth-order valence-corrected chi connectivity index (χ4v) is 1.45. The van der Waals surface area contributed by atoms with Crippen LogP contribution >= 0.6 is 27.5 Å². The van der Waals surface area contributed by atoms with Crippen LogP contribution in [0, 0.1) is 5.82 Å². The van der Waals surface area contributed by atoms with Crippen molar-refractivity contribution in [1.82, 2.24) is 0 Å².